The Labute approximate surface area is 158 Å². The second kappa shape index (κ2) is 7.66. The lowest BCUT2D eigenvalue weighted by atomic mass is 9.71. The summed E-state index contributed by atoms with van der Waals surface area (Å²) >= 11 is 1.61. The van der Waals surface area contributed by atoms with Gasteiger partial charge in [-0.2, -0.15) is 0 Å². The van der Waals surface area contributed by atoms with Gasteiger partial charge in [0.25, 0.3) is 0 Å². The Hall–Kier alpha value is -1.44. The summed E-state index contributed by atoms with van der Waals surface area (Å²) in [7, 11) is 0. The molecule has 0 radical (unpaired) electrons. The van der Waals surface area contributed by atoms with Crippen molar-refractivity contribution in [3.63, 3.8) is 0 Å². The number of ether oxygens (including phenoxy) is 2. The van der Waals surface area contributed by atoms with Gasteiger partial charge in [-0.1, -0.05) is 6.07 Å². The van der Waals surface area contributed by atoms with Gasteiger partial charge in [-0.05, 0) is 24.3 Å². The number of hydrogen-bond acceptors (Lipinski definition) is 5. The standard InChI is InChI=1S/C19H26N2O4S/c22-17(12-15-2-1-11-26-15)21-13-16(18(23)20-5-9-25-10-6-20)19(14-21)3-7-24-8-4-19/h1-2,11,16H,3-10,12-14H2. The molecule has 1 aromatic heterocycles. The molecule has 0 bridgehead atoms. The van der Waals surface area contributed by atoms with Crippen LogP contribution in [0.4, 0.5) is 0 Å². The summed E-state index contributed by atoms with van der Waals surface area (Å²) in [6.07, 6.45) is 2.15. The van der Waals surface area contributed by atoms with Gasteiger partial charge in [0.1, 0.15) is 0 Å². The smallest absolute Gasteiger partial charge is 0.228 e. The molecule has 4 heterocycles. The number of likely N-dealkylation sites (tertiary alicyclic amines) is 1. The van der Waals surface area contributed by atoms with Gasteiger partial charge in [0, 0.05) is 49.7 Å². The maximum atomic E-state index is 13.3. The summed E-state index contributed by atoms with van der Waals surface area (Å²) in [5.74, 6) is 0.217. The molecule has 1 atom stereocenters. The van der Waals surface area contributed by atoms with Gasteiger partial charge in [-0.25, -0.2) is 0 Å². The number of amides is 2. The molecule has 3 saturated heterocycles. The Kier molecular flexibility index (Phi) is 5.29. The van der Waals surface area contributed by atoms with Crippen molar-refractivity contribution in [1.29, 1.82) is 0 Å². The van der Waals surface area contributed by atoms with Crippen molar-refractivity contribution in [2.75, 3.05) is 52.6 Å². The van der Waals surface area contributed by atoms with Gasteiger partial charge in [0.15, 0.2) is 0 Å². The molecule has 0 saturated carbocycles. The lowest BCUT2D eigenvalue weighted by Gasteiger charge is -2.39. The molecule has 3 fully saturated rings. The maximum absolute atomic E-state index is 13.3. The van der Waals surface area contributed by atoms with Crippen LogP contribution in [0.25, 0.3) is 0 Å². The summed E-state index contributed by atoms with van der Waals surface area (Å²) in [5.41, 5.74) is -0.126. The zero-order chi connectivity index (χ0) is 18.0. The van der Waals surface area contributed by atoms with Crippen LogP contribution in [0.15, 0.2) is 17.5 Å². The highest BCUT2D eigenvalue weighted by Gasteiger charge is 2.52. The minimum Gasteiger partial charge on any atom is -0.381 e. The van der Waals surface area contributed by atoms with E-state index in [1.165, 1.54) is 0 Å². The lowest BCUT2D eigenvalue weighted by Crippen LogP contribution is -2.49. The van der Waals surface area contributed by atoms with E-state index in [0.29, 0.717) is 59.0 Å². The first-order valence-corrected chi connectivity index (χ1v) is 10.3. The van der Waals surface area contributed by atoms with E-state index in [-0.39, 0.29) is 23.1 Å². The molecule has 3 aliphatic rings. The highest BCUT2D eigenvalue weighted by atomic mass is 32.1. The first-order chi connectivity index (χ1) is 12.7. The van der Waals surface area contributed by atoms with Crippen molar-refractivity contribution in [2.24, 2.45) is 11.3 Å². The van der Waals surface area contributed by atoms with E-state index in [2.05, 4.69) is 0 Å². The number of thiophene rings is 1. The molecule has 7 heteroatoms. The normalized spacial score (nSPS) is 25.6. The fourth-order valence-electron chi connectivity index (χ4n) is 4.46. The summed E-state index contributed by atoms with van der Waals surface area (Å²) in [6, 6.07) is 3.97. The molecule has 0 N–H and O–H groups in total. The highest BCUT2D eigenvalue weighted by molar-refractivity contribution is 7.10. The predicted octanol–water partition coefficient (Wildman–Crippen LogP) is 1.40. The van der Waals surface area contributed by atoms with E-state index < -0.39 is 0 Å². The van der Waals surface area contributed by atoms with Gasteiger partial charge >= 0.3 is 0 Å². The average molecular weight is 378 g/mol. The van der Waals surface area contributed by atoms with Crippen molar-refractivity contribution in [3.8, 4) is 0 Å². The summed E-state index contributed by atoms with van der Waals surface area (Å²) < 4.78 is 11.0. The number of carbonyl (C=O) groups is 2. The zero-order valence-corrected chi connectivity index (χ0v) is 15.8. The largest absolute Gasteiger partial charge is 0.381 e. The van der Waals surface area contributed by atoms with Crippen molar-refractivity contribution in [1.82, 2.24) is 9.80 Å². The molecule has 2 amide bonds. The van der Waals surface area contributed by atoms with E-state index in [1.807, 2.05) is 27.3 Å². The predicted molar refractivity (Wildman–Crippen MR) is 98.0 cm³/mol. The van der Waals surface area contributed by atoms with Gasteiger partial charge < -0.3 is 19.3 Å². The Morgan fingerprint density at radius 1 is 1.12 bits per heavy atom. The Bertz CT molecular complexity index is 636. The van der Waals surface area contributed by atoms with Crippen LogP contribution in [0.3, 0.4) is 0 Å². The van der Waals surface area contributed by atoms with Crippen LogP contribution in [-0.4, -0.2) is 74.2 Å². The minimum absolute atomic E-state index is 0.114. The third-order valence-corrected chi connectivity index (χ3v) is 6.89. The van der Waals surface area contributed by atoms with Crippen molar-refractivity contribution >= 4 is 23.2 Å². The Morgan fingerprint density at radius 2 is 1.85 bits per heavy atom. The van der Waals surface area contributed by atoms with Gasteiger partial charge in [-0.15, -0.1) is 11.3 Å². The molecule has 0 aromatic carbocycles. The van der Waals surface area contributed by atoms with Crippen molar-refractivity contribution < 1.29 is 19.1 Å². The number of rotatable bonds is 3. The first-order valence-electron chi connectivity index (χ1n) is 9.42. The quantitative estimate of drug-likeness (QED) is 0.798. The van der Waals surface area contributed by atoms with Gasteiger partial charge in [0.05, 0.1) is 25.6 Å². The summed E-state index contributed by atoms with van der Waals surface area (Å²) in [6.45, 7) is 5.11. The zero-order valence-electron chi connectivity index (χ0n) is 15.0. The Balaban J connectivity index is 1.50. The molecule has 0 aliphatic carbocycles. The fourth-order valence-corrected chi connectivity index (χ4v) is 5.16. The molecule has 1 unspecified atom stereocenters. The van der Waals surface area contributed by atoms with Crippen LogP contribution in [-0.2, 0) is 25.5 Å². The molecular weight excluding hydrogens is 352 g/mol. The molecule has 26 heavy (non-hydrogen) atoms. The SMILES string of the molecule is O=C(Cc1cccs1)N1CC(C(=O)N2CCOCC2)C2(CCOCC2)C1. The average Bonchev–Trinajstić information content (AvgIpc) is 3.31. The minimum atomic E-state index is -0.126. The van der Waals surface area contributed by atoms with E-state index >= 15 is 0 Å². The van der Waals surface area contributed by atoms with Crippen molar-refractivity contribution in [2.45, 2.75) is 19.3 Å². The summed E-state index contributed by atoms with van der Waals surface area (Å²) in [4.78, 5) is 31.0. The summed E-state index contributed by atoms with van der Waals surface area (Å²) in [5, 5.41) is 2.00. The first kappa shape index (κ1) is 17.9. The van der Waals surface area contributed by atoms with E-state index in [1.54, 1.807) is 11.3 Å². The number of nitrogens with zero attached hydrogens (tertiary/aromatic N) is 2. The second-order valence-electron chi connectivity index (χ2n) is 7.50. The third kappa shape index (κ3) is 3.52. The van der Waals surface area contributed by atoms with E-state index in [0.717, 1.165) is 17.7 Å². The maximum Gasteiger partial charge on any atom is 0.228 e. The topological polar surface area (TPSA) is 59.1 Å². The second-order valence-corrected chi connectivity index (χ2v) is 8.53. The van der Waals surface area contributed by atoms with Crippen LogP contribution < -0.4 is 0 Å². The van der Waals surface area contributed by atoms with Crippen LogP contribution in [0.2, 0.25) is 0 Å². The molecule has 1 aromatic rings. The van der Waals surface area contributed by atoms with Gasteiger partial charge in [-0.3, -0.25) is 9.59 Å². The van der Waals surface area contributed by atoms with Crippen LogP contribution in [0.1, 0.15) is 17.7 Å². The van der Waals surface area contributed by atoms with E-state index in [4.69, 9.17) is 9.47 Å². The van der Waals surface area contributed by atoms with Gasteiger partial charge in [0.2, 0.25) is 11.8 Å². The van der Waals surface area contributed by atoms with E-state index in [9.17, 15) is 9.59 Å². The molecule has 3 aliphatic heterocycles. The van der Waals surface area contributed by atoms with Crippen molar-refractivity contribution in [3.05, 3.63) is 22.4 Å². The Morgan fingerprint density at radius 3 is 2.54 bits per heavy atom. The lowest BCUT2D eigenvalue weighted by molar-refractivity contribution is -0.144. The monoisotopic (exact) mass is 378 g/mol. The molecular formula is C19H26N2O4S. The fraction of sp³-hybridized carbons (Fsp3) is 0.684. The highest BCUT2D eigenvalue weighted by Crippen LogP contribution is 2.45. The molecule has 1 spiro atoms. The molecule has 4 rings (SSSR count). The number of morpholine rings is 1. The van der Waals surface area contributed by atoms with Crippen LogP contribution in [0.5, 0.6) is 0 Å². The molecule has 142 valence electrons. The van der Waals surface area contributed by atoms with Crippen LogP contribution >= 0.6 is 11.3 Å². The van der Waals surface area contributed by atoms with Crippen LogP contribution in [0, 0.1) is 11.3 Å². The third-order valence-electron chi connectivity index (χ3n) is 6.02. The number of hydrogen-bond donors (Lipinski definition) is 0. The number of carbonyl (C=O) groups excluding carboxylic acids is 2. The molecule has 6 nitrogen and oxygen atoms in total.